The van der Waals surface area contributed by atoms with Gasteiger partial charge in [-0.05, 0) is 23.9 Å². The maximum atomic E-state index is 4.69. The maximum Gasteiger partial charge on any atom is 0.191 e. The molecule has 0 saturated heterocycles. The summed E-state index contributed by atoms with van der Waals surface area (Å²) in [6, 6.07) is 12.4. The Labute approximate surface area is 150 Å². The van der Waals surface area contributed by atoms with E-state index in [4.69, 9.17) is 0 Å². The van der Waals surface area contributed by atoms with Crippen LogP contribution in [0.15, 0.2) is 52.2 Å². The van der Waals surface area contributed by atoms with Gasteiger partial charge in [-0.25, -0.2) is 4.98 Å². The molecule has 0 unspecified atom stereocenters. The van der Waals surface area contributed by atoms with Crippen molar-refractivity contribution in [2.24, 2.45) is 4.99 Å². The molecular weight excluding hydrogens is 336 g/mol. The topological polar surface area (TPSA) is 49.3 Å². The molecule has 0 aliphatic carbocycles. The summed E-state index contributed by atoms with van der Waals surface area (Å²) in [4.78, 5) is 10.3. The number of aromatic nitrogens is 1. The van der Waals surface area contributed by atoms with Gasteiger partial charge in [0.25, 0.3) is 0 Å². The van der Waals surface area contributed by atoms with Gasteiger partial charge in [-0.3, -0.25) is 4.99 Å². The fraction of sp³-hybridized carbons (Fsp3) is 0.222. The zero-order valence-corrected chi connectivity index (χ0v) is 15.4. The van der Waals surface area contributed by atoms with E-state index in [2.05, 4.69) is 56.5 Å². The van der Waals surface area contributed by atoms with Gasteiger partial charge < -0.3 is 10.6 Å². The highest BCUT2D eigenvalue weighted by Crippen LogP contribution is 2.21. The molecule has 0 aliphatic rings. The third-order valence-corrected chi connectivity index (χ3v) is 5.51. The van der Waals surface area contributed by atoms with Crippen molar-refractivity contribution in [3.05, 3.63) is 62.6 Å². The van der Waals surface area contributed by atoms with Crippen LogP contribution < -0.4 is 10.6 Å². The number of thiazole rings is 1. The van der Waals surface area contributed by atoms with Gasteiger partial charge in [0.2, 0.25) is 0 Å². The normalized spacial score (nSPS) is 11.5. The molecule has 0 spiro atoms. The molecule has 0 saturated carbocycles. The minimum absolute atomic E-state index is 0.667. The van der Waals surface area contributed by atoms with Crippen molar-refractivity contribution in [1.82, 2.24) is 15.6 Å². The molecule has 3 aromatic rings. The number of hydrogen-bond donors (Lipinski definition) is 2. The van der Waals surface area contributed by atoms with Crippen LogP contribution in [0, 0.1) is 6.92 Å². The first-order valence-electron chi connectivity index (χ1n) is 7.73. The first-order chi connectivity index (χ1) is 11.8. The van der Waals surface area contributed by atoms with Crippen LogP contribution in [0.5, 0.6) is 0 Å². The SMILES string of the molecule is CN=C(NCc1nc(-c2ccccc2)cs1)NCc1sccc1C. The molecule has 4 nitrogen and oxygen atoms in total. The Morgan fingerprint density at radius 1 is 1.08 bits per heavy atom. The fourth-order valence-corrected chi connectivity index (χ4v) is 3.85. The summed E-state index contributed by atoms with van der Waals surface area (Å²) in [6.07, 6.45) is 0. The molecule has 6 heteroatoms. The van der Waals surface area contributed by atoms with Gasteiger partial charge in [0.15, 0.2) is 5.96 Å². The zero-order valence-electron chi connectivity index (χ0n) is 13.7. The largest absolute Gasteiger partial charge is 0.352 e. The average molecular weight is 357 g/mol. The molecule has 0 aliphatic heterocycles. The summed E-state index contributed by atoms with van der Waals surface area (Å²) in [5.41, 5.74) is 3.49. The summed E-state index contributed by atoms with van der Waals surface area (Å²) in [5, 5.41) is 11.9. The second-order valence-corrected chi connectivity index (χ2v) is 7.24. The van der Waals surface area contributed by atoms with E-state index in [0.29, 0.717) is 6.54 Å². The van der Waals surface area contributed by atoms with Gasteiger partial charge in [0.05, 0.1) is 18.8 Å². The van der Waals surface area contributed by atoms with Gasteiger partial charge in [0.1, 0.15) is 5.01 Å². The minimum Gasteiger partial charge on any atom is -0.352 e. The number of rotatable bonds is 5. The number of thiophene rings is 1. The van der Waals surface area contributed by atoms with Crippen molar-refractivity contribution in [2.45, 2.75) is 20.0 Å². The summed E-state index contributed by atoms with van der Waals surface area (Å²) >= 11 is 3.42. The van der Waals surface area contributed by atoms with Crippen molar-refractivity contribution < 1.29 is 0 Å². The van der Waals surface area contributed by atoms with E-state index < -0.39 is 0 Å². The smallest absolute Gasteiger partial charge is 0.191 e. The highest BCUT2D eigenvalue weighted by Gasteiger charge is 2.06. The predicted molar refractivity (Wildman–Crippen MR) is 104 cm³/mol. The third kappa shape index (κ3) is 4.21. The number of guanidine groups is 1. The minimum atomic E-state index is 0.667. The van der Waals surface area contributed by atoms with Crippen LogP contribution in [-0.2, 0) is 13.1 Å². The highest BCUT2D eigenvalue weighted by molar-refractivity contribution is 7.10. The molecule has 0 atom stereocenters. The molecular formula is C18H20N4S2. The van der Waals surface area contributed by atoms with E-state index in [1.807, 2.05) is 18.2 Å². The molecule has 0 bridgehead atoms. The van der Waals surface area contributed by atoms with Crippen LogP contribution in [-0.4, -0.2) is 18.0 Å². The Morgan fingerprint density at radius 2 is 1.88 bits per heavy atom. The first-order valence-corrected chi connectivity index (χ1v) is 9.49. The molecule has 3 rings (SSSR count). The monoisotopic (exact) mass is 356 g/mol. The first kappa shape index (κ1) is 16.7. The third-order valence-electron chi connectivity index (χ3n) is 3.64. The van der Waals surface area contributed by atoms with E-state index in [0.717, 1.165) is 28.8 Å². The molecule has 2 N–H and O–H groups in total. The number of hydrogen-bond acceptors (Lipinski definition) is 4. The average Bonchev–Trinajstić information content (AvgIpc) is 3.25. The van der Waals surface area contributed by atoms with E-state index in [1.165, 1.54) is 10.4 Å². The van der Waals surface area contributed by atoms with Gasteiger partial charge in [-0.15, -0.1) is 22.7 Å². The number of aliphatic imine (C=N–C) groups is 1. The molecule has 2 aromatic heterocycles. The predicted octanol–water partition coefficient (Wildman–Crippen LogP) is 4.05. The van der Waals surface area contributed by atoms with Crippen LogP contribution in [0.3, 0.4) is 0 Å². The lowest BCUT2D eigenvalue weighted by atomic mass is 10.2. The molecule has 2 heterocycles. The van der Waals surface area contributed by atoms with Crippen LogP contribution >= 0.6 is 22.7 Å². The van der Waals surface area contributed by atoms with Crippen LogP contribution in [0.2, 0.25) is 0 Å². The fourth-order valence-electron chi connectivity index (χ4n) is 2.26. The standard InChI is InChI=1S/C18H20N4S2/c1-13-8-9-23-16(13)10-20-18(19-2)21-11-17-22-15(12-24-17)14-6-4-3-5-7-14/h3-9,12H,10-11H2,1-2H3,(H2,19,20,21). The molecule has 1 aromatic carbocycles. The van der Waals surface area contributed by atoms with Gasteiger partial charge in [-0.1, -0.05) is 30.3 Å². The number of aryl methyl sites for hydroxylation is 1. The lowest BCUT2D eigenvalue weighted by Gasteiger charge is -2.10. The quantitative estimate of drug-likeness (QED) is 0.536. The molecule has 24 heavy (non-hydrogen) atoms. The highest BCUT2D eigenvalue weighted by atomic mass is 32.1. The Morgan fingerprint density at radius 3 is 2.58 bits per heavy atom. The summed E-state index contributed by atoms with van der Waals surface area (Å²) in [7, 11) is 1.79. The summed E-state index contributed by atoms with van der Waals surface area (Å²) < 4.78 is 0. The number of nitrogens with one attached hydrogen (secondary N) is 2. The second-order valence-electron chi connectivity index (χ2n) is 5.30. The number of nitrogens with zero attached hydrogens (tertiary/aromatic N) is 2. The molecule has 124 valence electrons. The van der Waals surface area contributed by atoms with E-state index in [1.54, 1.807) is 29.7 Å². The second kappa shape index (κ2) is 8.08. The van der Waals surface area contributed by atoms with Crippen LogP contribution in [0.1, 0.15) is 15.4 Å². The Bertz CT molecular complexity index is 805. The lowest BCUT2D eigenvalue weighted by molar-refractivity contribution is 0.809. The zero-order chi connectivity index (χ0) is 16.8. The summed E-state index contributed by atoms with van der Waals surface area (Å²) in [6.45, 7) is 3.58. The van der Waals surface area contributed by atoms with Gasteiger partial charge in [-0.2, -0.15) is 0 Å². The van der Waals surface area contributed by atoms with E-state index >= 15 is 0 Å². The van der Waals surface area contributed by atoms with Gasteiger partial charge >= 0.3 is 0 Å². The van der Waals surface area contributed by atoms with Crippen molar-refractivity contribution in [3.63, 3.8) is 0 Å². The molecule has 0 fully saturated rings. The Balaban J connectivity index is 1.54. The van der Waals surface area contributed by atoms with E-state index in [9.17, 15) is 0 Å². The Kier molecular flexibility index (Phi) is 5.61. The lowest BCUT2D eigenvalue weighted by Crippen LogP contribution is -2.36. The van der Waals surface area contributed by atoms with Crippen molar-refractivity contribution in [3.8, 4) is 11.3 Å². The maximum absolute atomic E-state index is 4.69. The van der Waals surface area contributed by atoms with Gasteiger partial charge in [0, 0.05) is 22.9 Å². The molecule has 0 radical (unpaired) electrons. The molecule has 0 amide bonds. The van der Waals surface area contributed by atoms with Crippen LogP contribution in [0.4, 0.5) is 0 Å². The van der Waals surface area contributed by atoms with E-state index in [-0.39, 0.29) is 0 Å². The summed E-state index contributed by atoms with van der Waals surface area (Å²) in [5.74, 6) is 0.791. The van der Waals surface area contributed by atoms with Crippen molar-refractivity contribution in [1.29, 1.82) is 0 Å². The van der Waals surface area contributed by atoms with Crippen molar-refractivity contribution in [2.75, 3.05) is 7.05 Å². The van der Waals surface area contributed by atoms with Crippen molar-refractivity contribution >= 4 is 28.6 Å². The number of benzene rings is 1. The van der Waals surface area contributed by atoms with Crippen LogP contribution in [0.25, 0.3) is 11.3 Å². The Hall–Kier alpha value is -2.18.